The van der Waals surface area contributed by atoms with E-state index in [1.165, 1.54) is 19.3 Å². The summed E-state index contributed by atoms with van der Waals surface area (Å²) >= 11 is 0. The number of nitrogens with two attached hydrogens (primary N) is 1. The van der Waals surface area contributed by atoms with Crippen LogP contribution in [0.4, 0.5) is 0 Å². The Labute approximate surface area is 150 Å². The number of carbonyl (C=O) groups is 1. The van der Waals surface area contributed by atoms with E-state index in [9.17, 15) is 4.79 Å². The first-order valence-corrected chi connectivity index (χ1v) is 8.85. The van der Waals surface area contributed by atoms with E-state index in [2.05, 4.69) is 29.1 Å². The van der Waals surface area contributed by atoms with Crippen molar-refractivity contribution in [1.82, 2.24) is 15.3 Å². The highest BCUT2D eigenvalue weighted by molar-refractivity contribution is 5.95. The fourth-order valence-corrected chi connectivity index (χ4v) is 4.36. The van der Waals surface area contributed by atoms with Gasteiger partial charge >= 0.3 is 0 Å². The highest BCUT2D eigenvalue weighted by Crippen LogP contribution is 2.39. The largest absolute Gasteiger partial charge is 0.349 e. The maximum atomic E-state index is 12.8. The first kappa shape index (κ1) is 19.1. The lowest BCUT2D eigenvalue weighted by Crippen LogP contribution is -2.53. The second-order valence-electron chi connectivity index (χ2n) is 7.55. The predicted octanol–water partition coefficient (Wildman–Crippen LogP) is 2.97. The standard InChI is InChI=1S/C18H28N4O.ClH/c1-10(2)16-15(9-20-11(3)21-16)18(23)22-17-12-5-4-6-13(17)8-14(19)7-12;/h9-10,12-14,17H,4-8,19H2,1-3H3,(H,22,23);1H. The Bertz CT molecular complexity index is 578. The third-order valence-electron chi connectivity index (χ3n) is 5.40. The lowest BCUT2D eigenvalue weighted by Gasteiger charge is -2.45. The van der Waals surface area contributed by atoms with Crippen LogP contribution in [-0.4, -0.2) is 28.0 Å². The van der Waals surface area contributed by atoms with Crippen molar-refractivity contribution >= 4 is 18.3 Å². The molecule has 3 N–H and O–H groups in total. The minimum Gasteiger partial charge on any atom is -0.349 e. The van der Waals surface area contributed by atoms with Gasteiger partial charge in [0.05, 0.1) is 11.3 Å². The van der Waals surface area contributed by atoms with E-state index in [0.29, 0.717) is 29.3 Å². The van der Waals surface area contributed by atoms with Gasteiger partial charge in [0.25, 0.3) is 5.91 Å². The Morgan fingerprint density at radius 3 is 2.50 bits per heavy atom. The van der Waals surface area contributed by atoms with Gasteiger partial charge < -0.3 is 11.1 Å². The fourth-order valence-electron chi connectivity index (χ4n) is 4.36. The maximum absolute atomic E-state index is 12.8. The van der Waals surface area contributed by atoms with E-state index in [4.69, 9.17) is 5.73 Å². The number of halogens is 1. The smallest absolute Gasteiger partial charge is 0.254 e. The summed E-state index contributed by atoms with van der Waals surface area (Å²) in [5.41, 5.74) is 7.64. The summed E-state index contributed by atoms with van der Waals surface area (Å²) < 4.78 is 0. The molecule has 2 bridgehead atoms. The molecule has 0 radical (unpaired) electrons. The summed E-state index contributed by atoms with van der Waals surface area (Å²) in [6.45, 7) is 5.99. The van der Waals surface area contributed by atoms with E-state index in [1.807, 2.05) is 6.92 Å². The average Bonchev–Trinajstić information content (AvgIpc) is 2.47. The van der Waals surface area contributed by atoms with E-state index in [0.717, 1.165) is 18.5 Å². The van der Waals surface area contributed by atoms with E-state index >= 15 is 0 Å². The summed E-state index contributed by atoms with van der Waals surface area (Å²) in [5, 5.41) is 3.30. The molecule has 2 fully saturated rings. The molecule has 1 heterocycles. The second-order valence-corrected chi connectivity index (χ2v) is 7.55. The molecule has 1 amide bonds. The van der Waals surface area contributed by atoms with Gasteiger partial charge in [-0.2, -0.15) is 0 Å². The van der Waals surface area contributed by atoms with Crippen LogP contribution in [0.5, 0.6) is 0 Å². The SMILES string of the molecule is Cc1ncc(C(=O)NC2C3CCCC2CC(N)C3)c(C(C)C)n1.Cl. The van der Waals surface area contributed by atoms with Crippen LogP contribution in [-0.2, 0) is 0 Å². The number of aryl methyl sites for hydroxylation is 1. The van der Waals surface area contributed by atoms with Crippen LogP contribution in [0.15, 0.2) is 6.20 Å². The summed E-state index contributed by atoms with van der Waals surface area (Å²) in [6.07, 6.45) is 7.36. The molecule has 2 unspecified atom stereocenters. The number of amides is 1. The quantitative estimate of drug-likeness (QED) is 0.876. The minimum atomic E-state index is -0.0222. The van der Waals surface area contributed by atoms with E-state index in [-0.39, 0.29) is 30.3 Å². The monoisotopic (exact) mass is 352 g/mol. The molecule has 2 aliphatic carbocycles. The highest BCUT2D eigenvalue weighted by atomic mass is 35.5. The molecule has 5 nitrogen and oxygen atoms in total. The summed E-state index contributed by atoms with van der Waals surface area (Å²) in [5.74, 6) is 1.94. The van der Waals surface area contributed by atoms with Gasteiger partial charge in [0.2, 0.25) is 0 Å². The Morgan fingerprint density at radius 1 is 1.29 bits per heavy atom. The van der Waals surface area contributed by atoms with Crippen LogP contribution < -0.4 is 11.1 Å². The molecular weight excluding hydrogens is 324 g/mol. The lowest BCUT2D eigenvalue weighted by molar-refractivity contribution is 0.0754. The van der Waals surface area contributed by atoms with Gasteiger partial charge in [0, 0.05) is 18.3 Å². The van der Waals surface area contributed by atoms with Crippen molar-refractivity contribution in [2.75, 3.05) is 0 Å². The molecule has 134 valence electrons. The highest BCUT2D eigenvalue weighted by Gasteiger charge is 2.40. The van der Waals surface area contributed by atoms with Gasteiger partial charge in [-0.05, 0) is 50.4 Å². The van der Waals surface area contributed by atoms with Crippen molar-refractivity contribution in [3.05, 3.63) is 23.3 Å². The zero-order valence-electron chi connectivity index (χ0n) is 14.8. The number of rotatable bonds is 3. The number of nitrogens with one attached hydrogen (secondary N) is 1. The van der Waals surface area contributed by atoms with Crippen molar-refractivity contribution < 1.29 is 4.79 Å². The Hall–Kier alpha value is -1.20. The van der Waals surface area contributed by atoms with E-state index in [1.54, 1.807) is 6.20 Å². The third kappa shape index (κ3) is 3.89. The Kier molecular flexibility index (Phi) is 6.21. The number of nitrogens with zero attached hydrogens (tertiary/aromatic N) is 2. The molecule has 0 saturated heterocycles. The van der Waals surface area contributed by atoms with Gasteiger partial charge in [-0.25, -0.2) is 9.97 Å². The minimum absolute atomic E-state index is 0. The van der Waals surface area contributed by atoms with Gasteiger partial charge in [-0.1, -0.05) is 20.3 Å². The van der Waals surface area contributed by atoms with Crippen LogP contribution in [0.25, 0.3) is 0 Å². The van der Waals surface area contributed by atoms with Crippen LogP contribution in [0.2, 0.25) is 0 Å². The van der Waals surface area contributed by atoms with Crippen LogP contribution in [0.3, 0.4) is 0 Å². The van der Waals surface area contributed by atoms with Gasteiger partial charge in [0.1, 0.15) is 5.82 Å². The molecule has 0 spiro atoms. The van der Waals surface area contributed by atoms with Gasteiger partial charge in [0.15, 0.2) is 0 Å². The molecule has 0 aromatic carbocycles. The first-order chi connectivity index (χ1) is 11.0. The van der Waals surface area contributed by atoms with Crippen LogP contribution in [0.1, 0.15) is 73.7 Å². The molecular formula is C18H29ClN4O. The first-order valence-electron chi connectivity index (χ1n) is 8.85. The lowest BCUT2D eigenvalue weighted by atomic mass is 9.67. The summed E-state index contributed by atoms with van der Waals surface area (Å²) in [4.78, 5) is 21.5. The molecule has 6 heteroatoms. The summed E-state index contributed by atoms with van der Waals surface area (Å²) in [6, 6.07) is 0.560. The Balaban J connectivity index is 0.00000208. The van der Waals surface area contributed by atoms with Crippen molar-refractivity contribution in [3.8, 4) is 0 Å². The van der Waals surface area contributed by atoms with Gasteiger partial charge in [-0.15, -0.1) is 12.4 Å². The van der Waals surface area contributed by atoms with Crippen LogP contribution >= 0.6 is 12.4 Å². The third-order valence-corrected chi connectivity index (χ3v) is 5.40. The zero-order valence-corrected chi connectivity index (χ0v) is 15.6. The normalized spacial score (nSPS) is 29.0. The molecule has 24 heavy (non-hydrogen) atoms. The number of carbonyl (C=O) groups excluding carboxylic acids is 1. The fraction of sp³-hybridized carbons (Fsp3) is 0.722. The van der Waals surface area contributed by atoms with Crippen molar-refractivity contribution in [3.63, 3.8) is 0 Å². The second kappa shape index (κ2) is 7.79. The van der Waals surface area contributed by atoms with Crippen molar-refractivity contribution in [1.29, 1.82) is 0 Å². The molecule has 1 aromatic rings. The molecule has 2 saturated carbocycles. The average molecular weight is 353 g/mol. The molecule has 2 aliphatic rings. The molecule has 0 aliphatic heterocycles. The topological polar surface area (TPSA) is 80.9 Å². The molecule has 3 rings (SSSR count). The van der Waals surface area contributed by atoms with E-state index < -0.39 is 0 Å². The van der Waals surface area contributed by atoms with Crippen molar-refractivity contribution in [2.24, 2.45) is 17.6 Å². The zero-order chi connectivity index (χ0) is 16.6. The molecule has 1 aromatic heterocycles. The van der Waals surface area contributed by atoms with Crippen molar-refractivity contribution in [2.45, 2.75) is 70.9 Å². The maximum Gasteiger partial charge on any atom is 0.254 e. The number of hydrogen-bond acceptors (Lipinski definition) is 4. The van der Waals surface area contributed by atoms with Gasteiger partial charge in [-0.3, -0.25) is 4.79 Å². The predicted molar refractivity (Wildman–Crippen MR) is 97.4 cm³/mol. The Morgan fingerprint density at radius 2 is 1.92 bits per heavy atom. The number of fused-ring (bicyclic) bond motifs is 2. The number of hydrogen-bond donors (Lipinski definition) is 2. The number of aromatic nitrogens is 2. The molecule has 2 atom stereocenters. The summed E-state index contributed by atoms with van der Waals surface area (Å²) in [7, 11) is 0. The van der Waals surface area contributed by atoms with Crippen LogP contribution in [0, 0.1) is 18.8 Å².